The van der Waals surface area contributed by atoms with Gasteiger partial charge in [-0.2, -0.15) is 0 Å². The summed E-state index contributed by atoms with van der Waals surface area (Å²) < 4.78 is 26.8. The smallest absolute Gasteiger partial charge is 0.271 e. The summed E-state index contributed by atoms with van der Waals surface area (Å²) in [5, 5.41) is 11.0. The molecule has 0 unspecified atom stereocenters. The van der Waals surface area contributed by atoms with Gasteiger partial charge in [-0.05, 0) is 23.8 Å². The first-order valence-corrected chi connectivity index (χ1v) is 7.28. The van der Waals surface area contributed by atoms with E-state index in [1.807, 2.05) is 0 Å². The molecule has 1 fully saturated rings. The molecule has 120 valence electrons. The van der Waals surface area contributed by atoms with Crippen molar-refractivity contribution >= 4 is 11.4 Å². The van der Waals surface area contributed by atoms with Gasteiger partial charge in [0.15, 0.2) is 0 Å². The van der Waals surface area contributed by atoms with Crippen molar-refractivity contribution in [3.63, 3.8) is 0 Å². The van der Waals surface area contributed by atoms with E-state index in [1.165, 1.54) is 12.1 Å². The molecule has 1 aliphatic heterocycles. The number of halogens is 2. The first kappa shape index (κ1) is 15.3. The van der Waals surface area contributed by atoms with Crippen LogP contribution in [-0.2, 0) is 0 Å². The van der Waals surface area contributed by atoms with Crippen molar-refractivity contribution < 1.29 is 13.7 Å². The topological polar surface area (TPSA) is 59.3 Å². The number of aromatic nitrogens is 1. The highest BCUT2D eigenvalue weighted by atomic mass is 19.3. The maximum Gasteiger partial charge on any atom is 0.271 e. The van der Waals surface area contributed by atoms with Crippen molar-refractivity contribution in [3.05, 3.63) is 52.8 Å². The Balaban J connectivity index is 2.02. The largest absolute Gasteiger partial charge is 0.370 e. The standard InChI is InChI=1S/C16H15F2N3O2/c17-16(18)5-9-20(10-6-16)15-11-13(21(22)23)1-2-14(15)12-3-7-19-8-4-12/h1-4,7-8,11H,5-6,9-10H2. The van der Waals surface area contributed by atoms with Gasteiger partial charge in [0, 0.05) is 56.0 Å². The van der Waals surface area contributed by atoms with E-state index in [0.717, 1.165) is 11.1 Å². The number of pyridine rings is 1. The maximum absolute atomic E-state index is 13.4. The third-order valence-electron chi connectivity index (χ3n) is 4.02. The van der Waals surface area contributed by atoms with E-state index < -0.39 is 10.8 Å². The van der Waals surface area contributed by atoms with E-state index in [0.29, 0.717) is 5.69 Å². The number of non-ortho nitro benzene ring substituents is 1. The fourth-order valence-corrected chi connectivity index (χ4v) is 2.75. The first-order valence-electron chi connectivity index (χ1n) is 7.28. The number of benzene rings is 1. The zero-order valence-corrected chi connectivity index (χ0v) is 12.3. The van der Waals surface area contributed by atoms with Crippen molar-refractivity contribution in [1.82, 2.24) is 4.98 Å². The number of piperidine rings is 1. The average molecular weight is 319 g/mol. The zero-order chi connectivity index (χ0) is 16.4. The Hall–Kier alpha value is -2.57. The second-order valence-electron chi connectivity index (χ2n) is 5.54. The van der Waals surface area contributed by atoms with E-state index in [2.05, 4.69) is 4.98 Å². The lowest BCUT2D eigenvalue weighted by Crippen LogP contribution is -2.39. The lowest BCUT2D eigenvalue weighted by Gasteiger charge is -2.34. The van der Waals surface area contributed by atoms with Crippen LogP contribution in [0.25, 0.3) is 11.1 Å². The molecule has 1 aromatic carbocycles. The van der Waals surface area contributed by atoms with Gasteiger partial charge in [0.2, 0.25) is 0 Å². The Morgan fingerprint density at radius 2 is 1.78 bits per heavy atom. The van der Waals surface area contributed by atoms with Crippen LogP contribution in [0, 0.1) is 10.1 Å². The van der Waals surface area contributed by atoms with E-state index in [4.69, 9.17) is 0 Å². The van der Waals surface area contributed by atoms with E-state index in [1.54, 1.807) is 35.5 Å². The third-order valence-corrected chi connectivity index (χ3v) is 4.02. The summed E-state index contributed by atoms with van der Waals surface area (Å²) in [6, 6.07) is 8.14. The van der Waals surface area contributed by atoms with Crippen LogP contribution in [0.3, 0.4) is 0 Å². The van der Waals surface area contributed by atoms with Crippen LogP contribution in [0.4, 0.5) is 20.2 Å². The number of nitro benzene ring substituents is 1. The minimum atomic E-state index is -2.66. The summed E-state index contributed by atoms with van der Waals surface area (Å²) in [6.07, 6.45) is 2.77. The fourth-order valence-electron chi connectivity index (χ4n) is 2.75. The van der Waals surface area contributed by atoms with E-state index in [-0.39, 0.29) is 31.6 Å². The Morgan fingerprint density at radius 3 is 2.39 bits per heavy atom. The molecule has 0 spiro atoms. The lowest BCUT2D eigenvalue weighted by atomic mass is 10.0. The Bertz CT molecular complexity index is 713. The van der Waals surface area contributed by atoms with Crippen molar-refractivity contribution in [3.8, 4) is 11.1 Å². The number of nitro groups is 1. The van der Waals surface area contributed by atoms with Gasteiger partial charge in [0.1, 0.15) is 0 Å². The summed E-state index contributed by atoms with van der Waals surface area (Å²) in [4.78, 5) is 16.3. The molecule has 3 rings (SSSR count). The quantitative estimate of drug-likeness (QED) is 0.636. The predicted octanol–water partition coefficient (Wildman–Crippen LogP) is 3.89. The second kappa shape index (κ2) is 5.91. The maximum atomic E-state index is 13.4. The molecule has 0 amide bonds. The Labute approximate surface area is 131 Å². The normalized spacial score (nSPS) is 17.0. The molecule has 1 aromatic heterocycles. The number of anilines is 1. The summed E-state index contributed by atoms with van der Waals surface area (Å²) in [5.41, 5.74) is 2.20. The molecule has 5 nitrogen and oxygen atoms in total. The molecule has 0 radical (unpaired) electrons. The Morgan fingerprint density at radius 1 is 1.13 bits per heavy atom. The van der Waals surface area contributed by atoms with Crippen molar-refractivity contribution in [2.45, 2.75) is 18.8 Å². The predicted molar refractivity (Wildman–Crippen MR) is 82.7 cm³/mol. The average Bonchev–Trinajstić information content (AvgIpc) is 2.55. The number of hydrogen-bond acceptors (Lipinski definition) is 4. The SMILES string of the molecule is O=[N+]([O-])c1ccc(-c2ccncc2)c(N2CCC(F)(F)CC2)c1. The number of rotatable bonds is 3. The monoisotopic (exact) mass is 319 g/mol. The van der Waals surface area contributed by atoms with Crippen LogP contribution in [-0.4, -0.2) is 28.9 Å². The molecule has 0 bridgehead atoms. The molecule has 2 aromatic rings. The van der Waals surface area contributed by atoms with Crippen LogP contribution in [0.2, 0.25) is 0 Å². The first-order chi connectivity index (χ1) is 11.0. The molecule has 0 N–H and O–H groups in total. The zero-order valence-electron chi connectivity index (χ0n) is 12.3. The Kier molecular flexibility index (Phi) is 3.94. The molecule has 2 heterocycles. The lowest BCUT2D eigenvalue weighted by molar-refractivity contribution is -0.384. The van der Waals surface area contributed by atoms with Gasteiger partial charge in [-0.25, -0.2) is 8.78 Å². The summed E-state index contributed by atoms with van der Waals surface area (Å²) in [7, 11) is 0. The molecule has 0 saturated carbocycles. The van der Waals surface area contributed by atoms with Gasteiger partial charge in [0.25, 0.3) is 11.6 Å². The molecule has 0 aliphatic carbocycles. The van der Waals surface area contributed by atoms with Crippen molar-refractivity contribution in [2.75, 3.05) is 18.0 Å². The van der Waals surface area contributed by atoms with Crippen molar-refractivity contribution in [2.24, 2.45) is 0 Å². The van der Waals surface area contributed by atoms with Crippen LogP contribution < -0.4 is 4.90 Å². The van der Waals surface area contributed by atoms with E-state index in [9.17, 15) is 18.9 Å². The third kappa shape index (κ3) is 3.28. The molecule has 0 atom stereocenters. The molecule has 7 heteroatoms. The summed E-state index contributed by atoms with van der Waals surface area (Å²) in [6.45, 7) is 0.346. The van der Waals surface area contributed by atoms with Gasteiger partial charge in [-0.15, -0.1) is 0 Å². The second-order valence-corrected chi connectivity index (χ2v) is 5.54. The van der Waals surface area contributed by atoms with Crippen molar-refractivity contribution in [1.29, 1.82) is 0 Å². The number of hydrogen-bond donors (Lipinski definition) is 0. The highest BCUT2D eigenvalue weighted by Gasteiger charge is 2.35. The van der Waals surface area contributed by atoms with Crippen LogP contribution in [0.15, 0.2) is 42.7 Å². The van der Waals surface area contributed by atoms with Crippen LogP contribution in [0.5, 0.6) is 0 Å². The van der Waals surface area contributed by atoms with Gasteiger partial charge >= 0.3 is 0 Å². The highest BCUT2D eigenvalue weighted by Crippen LogP contribution is 2.37. The number of nitrogens with zero attached hydrogens (tertiary/aromatic N) is 3. The fraction of sp³-hybridized carbons (Fsp3) is 0.312. The van der Waals surface area contributed by atoms with Gasteiger partial charge in [-0.3, -0.25) is 15.1 Å². The number of alkyl halides is 2. The van der Waals surface area contributed by atoms with Gasteiger partial charge in [0.05, 0.1) is 10.6 Å². The summed E-state index contributed by atoms with van der Waals surface area (Å²) >= 11 is 0. The molecule has 1 saturated heterocycles. The molecule has 23 heavy (non-hydrogen) atoms. The molecule has 1 aliphatic rings. The summed E-state index contributed by atoms with van der Waals surface area (Å²) in [5.74, 6) is -2.66. The molecular formula is C16H15F2N3O2. The minimum absolute atomic E-state index is 0.0462. The highest BCUT2D eigenvalue weighted by molar-refractivity contribution is 5.80. The van der Waals surface area contributed by atoms with Gasteiger partial charge < -0.3 is 4.90 Å². The van der Waals surface area contributed by atoms with Crippen LogP contribution >= 0.6 is 0 Å². The van der Waals surface area contributed by atoms with Gasteiger partial charge in [-0.1, -0.05) is 0 Å². The minimum Gasteiger partial charge on any atom is -0.370 e. The van der Waals surface area contributed by atoms with Crippen LogP contribution in [0.1, 0.15) is 12.8 Å². The van der Waals surface area contributed by atoms with E-state index >= 15 is 0 Å². The molecular weight excluding hydrogens is 304 g/mol.